The first-order valence-corrected chi connectivity index (χ1v) is 17.5. The number of likely N-dealkylation sites (N-methyl/N-ethyl adjacent to an activating group) is 1. The number of hydrogen-bond donors (Lipinski definition) is 1. The fraction of sp³-hybridized carbons (Fsp3) is 0.471. The minimum absolute atomic E-state index is 0.0128. The van der Waals surface area contributed by atoms with Crippen molar-refractivity contribution in [3.05, 3.63) is 34.4 Å². The van der Waals surface area contributed by atoms with Crippen LogP contribution in [0.5, 0.6) is 11.8 Å². The van der Waals surface area contributed by atoms with Gasteiger partial charge in [0.1, 0.15) is 40.9 Å². The maximum absolute atomic E-state index is 17.2. The number of nitriles is 1. The maximum atomic E-state index is 17.2. The number of benzene rings is 2. The summed E-state index contributed by atoms with van der Waals surface area (Å²) in [7, 11) is 2.05. The molecule has 0 bridgehead atoms. The predicted octanol–water partition coefficient (Wildman–Crippen LogP) is 5.97. The molecule has 2 aromatic heterocycles. The number of hydrogen-bond acceptors (Lipinski definition) is 10. The van der Waals surface area contributed by atoms with Gasteiger partial charge in [-0.05, 0) is 57.8 Å². The lowest BCUT2D eigenvalue weighted by atomic mass is 9.83. The van der Waals surface area contributed by atoms with Crippen molar-refractivity contribution in [3.63, 3.8) is 0 Å². The normalized spacial score (nSPS) is 20.7. The average Bonchev–Trinajstić information content (AvgIpc) is 3.54. The molecule has 0 spiro atoms. The number of carbonyl (C=O) groups excluding carboxylic acids is 1. The van der Waals surface area contributed by atoms with Crippen LogP contribution in [0.4, 0.5) is 19.6 Å². The van der Waals surface area contributed by atoms with Crippen LogP contribution in [0.15, 0.2) is 12.1 Å². The molecule has 1 aliphatic carbocycles. The third kappa shape index (κ3) is 4.82. The van der Waals surface area contributed by atoms with Crippen LogP contribution in [-0.4, -0.2) is 83.7 Å². The summed E-state index contributed by atoms with van der Waals surface area (Å²) in [6, 6.07) is 4.74. The molecule has 0 unspecified atom stereocenters. The second kappa shape index (κ2) is 11.9. The van der Waals surface area contributed by atoms with E-state index in [9.17, 15) is 14.4 Å². The van der Waals surface area contributed by atoms with Crippen molar-refractivity contribution in [2.75, 3.05) is 50.5 Å². The Morgan fingerprint density at radius 2 is 1.98 bits per heavy atom. The zero-order valence-electron chi connectivity index (χ0n) is 26.6. The summed E-state index contributed by atoms with van der Waals surface area (Å²) < 4.78 is 44.9. The monoisotopic (exact) mass is 693 g/mol. The van der Waals surface area contributed by atoms with E-state index in [1.165, 1.54) is 12.1 Å². The van der Waals surface area contributed by atoms with Gasteiger partial charge in [-0.25, -0.2) is 8.78 Å². The number of nitrogens with two attached hydrogens (primary N) is 1. The van der Waals surface area contributed by atoms with Crippen LogP contribution in [0.2, 0.25) is 5.02 Å². The van der Waals surface area contributed by atoms with Crippen molar-refractivity contribution in [3.8, 4) is 29.0 Å². The maximum Gasteiger partial charge on any atom is 0.319 e. The van der Waals surface area contributed by atoms with Crippen molar-refractivity contribution in [1.82, 2.24) is 19.8 Å². The average molecular weight is 694 g/mol. The number of ether oxygens (including phenoxy) is 2. The lowest BCUT2D eigenvalue weighted by Crippen LogP contribution is -2.63. The molecule has 48 heavy (non-hydrogen) atoms. The third-order valence-electron chi connectivity index (χ3n) is 10.5. The summed E-state index contributed by atoms with van der Waals surface area (Å²) in [4.78, 5) is 28.6. The molecular formula is C34H34ClF2N7O3S. The number of nitrogens with zero attached hydrogens (tertiary/aromatic N) is 6. The largest absolute Gasteiger partial charge is 0.489 e. The molecule has 10 nitrogen and oxygen atoms in total. The van der Waals surface area contributed by atoms with Gasteiger partial charge in [-0.1, -0.05) is 24.1 Å². The molecule has 1 amide bonds. The SMILES string of the molecule is C[C@H](Oc1nc2c3c(c(Cl)c(-c4ccc(F)c5sc(N)c(C#N)c45)c(F)c3n1)OCCN2C1CN(C(=O)C2CCC2)C1)[C@@H]1CCCN1C. The van der Waals surface area contributed by atoms with Gasteiger partial charge in [-0.2, -0.15) is 15.2 Å². The summed E-state index contributed by atoms with van der Waals surface area (Å²) in [5.74, 6) is -0.456. The first-order valence-electron chi connectivity index (χ1n) is 16.3. The fourth-order valence-electron chi connectivity index (χ4n) is 7.60. The first kappa shape index (κ1) is 31.3. The molecule has 0 radical (unpaired) electrons. The van der Waals surface area contributed by atoms with Crippen LogP contribution in [0.3, 0.4) is 0 Å². The highest BCUT2D eigenvalue weighted by Crippen LogP contribution is 2.51. The number of rotatable bonds is 6. The fourth-order valence-corrected chi connectivity index (χ4v) is 8.89. The van der Waals surface area contributed by atoms with Gasteiger partial charge in [0.2, 0.25) is 5.91 Å². The van der Waals surface area contributed by atoms with Crippen molar-refractivity contribution in [1.29, 1.82) is 5.26 Å². The van der Waals surface area contributed by atoms with Gasteiger partial charge in [-0.15, -0.1) is 11.3 Å². The number of anilines is 2. The Morgan fingerprint density at radius 1 is 1.19 bits per heavy atom. The highest BCUT2D eigenvalue weighted by molar-refractivity contribution is 7.23. The summed E-state index contributed by atoms with van der Waals surface area (Å²) in [6.45, 7) is 4.57. The Hall–Kier alpha value is -3.99. The van der Waals surface area contributed by atoms with Crippen LogP contribution in [0, 0.1) is 28.9 Å². The van der Waals surface area contributed by atoms with E-state index in [4.69, 9.17) is 31.8 Å². The molecule has 3 fully saturated rings. The van der Waals surface area contributed by atoms with Crippen LogP contribution in [0.25, 0.3) is 32.1 Å². The quantitative estimate of drug-likeness (QED) is 0.261. The topological polar surface area (TPSA) is 121 Å². The zero-order valence-corrected chi connectivity index (χ0v) is 28.1. The number of thiophene rings is 1. The van der Waals surface area contributed by atoms with Crippen LogP contribution >= 0.6 is 22.9 Å². The Bertz CT molecular complexity index is 2030. The van der Waals surface area contributed by atoms with E-state index in [-0.39, 0.29) is 90.7 Å². The van der Waals surface area contributed by atoms with Crippen molar-refractivity contribution in [2.45, 2.75) is 57.2 Å². The highest BCUT2D eigenvalue weighted by atomic mass is 35.5. The Labute approximate surface area is 285 Å². The Balaban J connectivity index is 1.29. The van der Waals surface area contributed by atoms with Crippen LogP contribution < -0.4 is 20.1 Å². The van der Waals surface area contributed by atoms with E-state index in [2.05, 4.69) is 16.9 Å². The first-order chi connectivity index (χ1) is 23.2. The molecule has 2 aromatic carbocycles. The van der Waals surface area contributed by atoms with E-state index in [0.717, 1.165) is 50.0 Å². The van der Waals surface area contributed by atoms with Crippen molar-refractivity contribution >= 4 is 60.7 Å². The molecule has 1 saturated carbocycles. The molecule has 8 rings (SSSR count). The van der Waals surface area contributed by atoms with Crippen molar-refractivity contribution < 1.29 is 23.0 Å². The van der Waals surface area contributed by atoms with Gasteiger partial charge in [-0.3, -0.25) is 9.69 Å². The number of fused-ring (bicyclic) bond motifs is 1. The second-order valence-corrected chi connectivity index (χ2v) is 14.6. The number of amides is 1. The predicted molar refractivity (Wildman–Crippen MR) is 181 cm³/mol. The molecule has 14 heteroatoms. The van der Waals surface area contributed by atoms with Gasteiger partial charge in [0.05, 0.1) is 33.3 Å². The lowest BCUT2D eigenvalue weighted by Gasteiger charge is -2.47. The minimum atomic E-state index is -0.777. The molecule has 2 atom stereocenters. The van der Waals surface area contributed by atoms with Gasteiger partial charge in [0.15, 0.2) is 11.6 Å². The number of nitrogen functional groups attached to an aromatic ring is 1. The lowest BCUT2D eigenvalue weighted by molar-refractivity contribution is -0.142. The molecular weight excluding hydrogens is 660 g/mol. The number of likely N-dealkylation sites (tertiary alicyclic amines) is 2. The number of halogens is 3. The second-order valence-electron chi connectivity index (χ2n) is 13.2. The zero-order chi connectivity index (χ0) is 33.4. The standard InChI is InChI=1S/C34H34ClF2N7O3S/c1-16(22-7-4-10-42(22)2)47-34-40-28-25-29(46-12-11-44(32(25)41-34)18-14-43(15-18)33(45)17-5-3-6-17)26(35)24(27(28)37)19-8-9-21(36)30-23(19)20(13-38)31(39)48-30/h8-9,16-18,22H,3-7,10-12,14-15,39H2,1-2H3/t16-,22-/m0/s1. The van der Waals surface area contributed by atoms with Crippen LogP contribution in [0.1, 0.15) is 44.6 Å². The highest BCUT2D eigenvalue weighted by Gasteiger charge is 2.42. The molecule has 4 aromatic rings. The van der Waals surface area contributed by atoms with E-state index in [1.807, 2.05) is 22.8 Å². The summed E-state index contributed by atoms with van der Waals surface area (Å²) in [6.07, 6.45) is 4.66. The van der Waals surface area contributed by atoms with Gasteiger partial charge < -0.3 is 25.0 Å². The summed E-state index contributed by atoms with van der Waals surface area (Å²) in [5, 5.41) is 10.5. The van der Waals surface area contributed by atoms with Crippen LogP contribution in [-0.2, 0) is 4.79 Å². The Morgan fingerprint density at radius 3 is 2.67 bits per heavy atom. The minimum Gasteiger partial charge on any atom is -0.489 e. The van der Waals surface area contributed by atoms with E-state index >= 15 is 4.39 Å². The van der Waals surface area contributed by atoms with E-state index < -0.39 is 11.6 Å². The summed E-state index contributed by atoms with van der Waals surface area (Å²) in [5.41, 5.74) is 6.21. The third-order valence-corrected chi connectivity index (χ3v) is 11.9. The molecule has 4 aliphatic rings. The number of aromatic nitrogens is 2. The van der Waals surface area contributed by atoms with Gasteiger partial charge in [0, 0.05) is 36.0 Å². The van der Waals surface area contributed by atoms with E-state index in [0.29, 0.717) is 30.8 Å². The molecule has 2 saturated heterocycles. The molecule has 3 aliphatic heterocycles. The smallest absolute Gasteiger partial charge is 0.319 e. The number of carbonyl (C=O) groups is 1. The van der Waals surface area contributed by atoms with E-state index in [1.54, 1.807) is 0 Å². The van der Waals surface area contributed by atoms with Gasteiger partial charge >= 0.3 is 6.01 Å². The molecule has 2 N–H and O–H groups in total. The Kier molecular flexibility index (Phi) is 7.73. The molecule has 5 heterocycles. The van der Waals surface area contributed by atoms with Crippen molar-refractivity contribution in [2.24, 2.45) is 5.92 Å². The molecule has 250 valence electrons. The van der Waals surface area contributed by atoms with Gasteiger partial charge in [0.25, 0.3) is 0 Å². The summed E-state index contributed by atoms with van der Waals surface area (Å²) >= 11 is 7.96.